The van der Waals surface area contributed by atoms with Gasteiger partial charge in [-0.1, -0.05) is 12.8 Å². The van der Waals surface area contributed by atoms with E-state index in [9.17, 15) is 9.90 Å². The standard InChI is InChI=1S/C11H18O2/c12-10-6-2-1-4-8(10)9-5-3-7-11(9)13/h8-9,11,13H,1-7H2. The van der Waals surface area contributed by atoms with E-state index in [1.54, 1.807) is 0 Å². The molecular weight excluding hydrogens is 164 g/mol. The molecule has 0 aromatic heterocycles. The minimum Gasteiger partial charge on any atom is -0.393 e. The second kappa shape index (κ2) is 3.79. The Balaban J connectivity index is 2.01. The highest BCUT2D eigenvalue weighted by Gasteiger charge is 2.36. The summed E-state index contributed by atoms with van der Waals surface area (Å²) >= 11 is 0. The Morgan fingerprint density at radius 2 is 1.92 bits per heavy atom. The molecule has 0 saturated heterocycles. The molecule has 0 bridgehead atoms. The summed E-state index contributed by atoms with van der Waals surface area (Å²) in [7, 11) is 0. The molecule has 0 spiro atoms. The van der Waals surface area contributed by atoms with Crippen molar-refractivity contribution >= 4 is 5.78 Å². The molecule has 13 heavy (non-hydrogen) atoms. The third-order valence-corrected chi connectivity index (χ3v) is 3.65. The molecule has 74 valence electrons. The number of hydrogen-bond acceptors (Lipinski definition) is 2. The Labute approximate surface area is 79.3 Å². The lowest BCUT2D eigenvalue weighted by atomic mass is 9.77. The predicted octanol–water partition coefficient (Wildman–Crippen LogP) is 1.91. The summed E-state index contributed by atoms with van der Waals surface area (Å²) in [5.74, 6) is 0.913. The number of Topliss-reactive ketones (excluding diaryl/α,β-unsaturated/α-hetero) is 1. The molecule has 0 radical (unpaired) electrons. The number of carbonyl (C=O) groups excluding carboxylic acids is 1. The molecule has 1 N–H and O–H groups in total. The third kappa shape index (κ3) is 1.78. The van der Waals surface area contributed by atoms with Gasteiger partial charge in [-0.3, -0.25) is 4.79 Å². The summed E-state index contributed by atoms with van der Waals surface area (Å²) in [6.45, 7) is 0. The van der Waals surface area contributed by atoms with Crippen molar-refractivity contribution in [3.8, 4) is 0 Å². The summed E-state index contributed by atoms with van der Waals surface area (Å²) in [6, 6.07) is 0. The summed E-state index contributed by atoms with van der Waals surface area (Å²) in [5, 5.41) is 9.71. The number of aliphatic hydroxyl groups is 1. The average molecular weight is 182 g/mol. The van der Waals surface area contributed by atoms with Gasteiger partial charge in [-0.15, -0.1) is 0 Å². The van der Waals surface area contributed by atoms with Gasteiger partial charge in [0.15, 0.2) is 0 Å². The van der Waals surface area contributed by atoms with Gasteiger partial charge in [-0.2, -0.15) is 0 Å². The van der Waals surface area contributed by atoms with Crippen molar-refractivity contribution in [3.63, 3.8) is 0 Å². The Morgan fingerprint density at radius 3 is 2.54 bits per heavy atom. The second-order valence-corrected chi connectivity index (χ2v) is 4.48. The van der Waals surface area contributed by atoms with Crippen LogP contribution in [0.1, 0.15) is 44.9 Å². The molecule has 2 aliphatic rings. The minimum absolute atomic E-state index is 0.188. The van der Waals surface area contributed by atoms with Crippen molar-refractivity contribution in [1.29, 1.82) is 0 Å². The SMILES string of the molecule is O=C1CCCCC1C1CCCC1O. The predicted molar refractivity (Wildman–Crippen MR) is 50.3 cm³/mol. The van der Waals surface area contributed by atoms with Gasteiger partial charge in [0, 0.05) is 12.3 Å². The molecule has 0 amide bonds. The zero-order valence-electron chi connectivity index (χ0n) is 8.04. The Bertz CT molecular complexity index is 200. The smallest absolute Gasteiger partial charge is 0.136 e. The Kier molecular flexibility index (Phi) is 2.68. The zero-order chi connectivity index (χ0) is 9.26. The van der Waals surface area contributed by atoms with Crippen LogP contribution < -0.4 is 0 Å². The lowest BCUT2D eigenvalue weighted by molar-refractivity contribution is -0.127. The summed E-state index contributed by atoms with van der Waals surface area (Å²) in [4.78, 5) is 11.6. The lowest BCUT2D eigenvalue weighted by Gasteiger charge is -2.28. The number of ketones is 1. The Hall–Kier alpha value is -0.370. The van der Waals surface area contributed by atoms with Crippen LogP contribution in [0.2, 0.25) is 0 Å². The lowest BCUT2D eigenvalue weighted by Crippen LogP contribution is -2.31. The fraction of sp³-hybridized carbons (Fsp3) is 0.909. The van der Waals surface area contributed by atoms with Crippen LogP contribution in [-0.4, -0.2) is 17.0 Å². The molecule has 0 aliphatic heterocycles. The molecule has 0 aromatic carbocycles. The molecule has 3 atom stereocenters. The van der Waals surface area contributed by atoms with Crippen molar-refractivity contribution in [1.82, 2.24) is 0 Å². The molecule has 2 fully saturated rings. The minimum atomic E-state index is -0.188. The molecule has 2 nitrogen and oxygen atoms in total. The molecule has 2 heteroatoms. The number of aliphatic hydroxyl groups excluding tert-OH is 1. The first kappa shape index (κ1) is 9.20. The van der Waals surface area contributed by atoms with E-state index in [2.05, 4.69) is 0 Å². The quantitative estimate of drug-likeness (QED) is 0.672. The van der Waals surface area contributed by atoms with E-state index in [1.807, 2.05) is 0 Å². The largest absolute Gasteiger partial charge is 0.393 e. The van der Waals surface area contributed by atoms with E-state index in [-0.39, 0.29) is 12.0 Å². The maximum Gasteiger partial charge on any atom is 0.136 e. The van der Waals surface area contributed by atoms with Gasteiger partial charge in [0.2, 0.25) is 0 Å². The van der Waals surface area contributed by atoms with Crippen LogP contribution in [0.15, 0.2) is 0 Å². The summed E-state index contributed by atoms with van der Waals surface area (Å²) < 4.78 is 0. The maximum absolute atomic E-state index is 11.6. The van der Waals surface area contributed by atoms with Crippen LogP contribution in [0.5, 0.6) is 0 Å². The zero-order valence-corrected chi connectivity index (χ0v) is 8.04. The van der Waals surface area contributed by atoms with Crippen LogP contribution >= 0.6 is 0 Å². The molecule has 2 rings (SSSR count). The van der Waals surface area contributed by atoms with E-state index < -0.39 is 0 Å². The van der Waals surface area contributed by atoms with Crippen LogP contribution in [0.3, 0.4) is 0 Å². The van der Waals surface area contributed by atoms with Crippen LogP contribution in [0, 0.1) is 11.8 Å². The highest BCUT2D eigenvalue weighted by Crippen LogP contribution is 2.37. The number of carbonyl (C=O) groups is 1. The molecule has 0 aromatic rings. The second-order valence-electron chi connectivity index (χ2n) is 4.48. The van der Waals surface area contributed by atoms with E-state index in [4.69, 9.17) is 0 Å². The number of rotatable bonds is 1. The molecule has 2 aliphatic carbocycles. The van der Waals surface area contributed by atoms with Crippen molar-refractivity contribution in [2.24, 2.45) is 11.8 Å². The summed E-state index contributed by atoms with van der Waals surface area (Å²) in [6.07, 6.45) is 6.93. The normalized spacial score (nSPS) is 41.0. The molecular formula is C11H18O2. The van der Waals surface area contributed by atoms with Gasteiger partial charge in [-0.25, -0.2) is 0 Å². The average Bonchev–Trinajstić information content (AvgIpc) is 2.52. The van der Waals surface area contributed by atoms with E-state index >= 15 is 0 Å². The van der Waals surface area contributed by atoms with Crippen molar-refractivity contribution in [2.75, 3.05) is 0 Å². The van der Waals surface area contributed by atoms with Gasteiger partial charge in [0.1, 0.15) is 5.78 Å². The van der Waals surface area contributed by atoms with Gasteiger partial charge < -0.3 is 5.11 Å². The first-order chi connectivity index (χ1) is 6.29. The first-order valence-corrected chi connectivity index (χ1v) is 5.50. The third-order valence-electron chi connectivity index (χ3n) is 3.65. The number of hydrogen-bond donors (Lipinski definition) is 1. The van der Waals surface area contributed by atoms with E-state index in [0.29, 0.717) is 11.7 Å². The highest BCUT2D eigenvalue weighted by atomic mass is 16.3. The fourth-order valence-corrected chi connectivity index (χ4v) is 2.90. The highest BCUT2D eigenvalue weighted by molar-refractivity contribution is 5.82. The Morgan fingerprint density at radius 1 is 1.08 bits per heavy atom. The molecule has 0 heterocycles. The van der Waals surface area contributed by atoms with Crippen molar-refractivity contribution in [3.05, 3.63) is 0 Å². The monoisotopic (exact) mass is 182 g/mol. The van der Waals surface area contributed by atoms with E-state index in [1.165, 1.54) is 6.42 Å². The van der Waals surface area contributed by atoms with Gasteiger partial charge in [0.25, 0.3) is 0 Å². The van der Waals surface area contributed by atoms with Crippen molar-refractivity contribution in [2.45, 2.75) is 51.0 Å². The van der Waals surface area contributed by atoms with Gasteiger partial charge >= 0.3 is 0 Å². The topological polar surface area (TPSA) is 37.3 Å². The van der Waals surface area contributed by atoms with Crippen LogP contribution in [0.25, 0.3) is 0 Å². The first-order valence-electron chi connectivity index (χ1n) is 5.50. The van der Waals surface area contributed by atoms with Gasteiger partial charge in [0.05, 0.1) is 6.10 Å². The van der Waals surface area contributed by atoms with Crippen molar-refractivity contribution < 1.29 is 9.90 Å². The molecule has 2 saturated carbocycles. The maximum atomic E-state index is 11.6. The van der Waals surface area contributed by atoms with Gasteiger partial charge in [-0.05, 0) is 31.6 Å². The fourth-order valence-electron chi connectivity index (χ4n) is 2.90. The van der Waals surface area contributed by atoms with E-state index in [0.717, 1.165) is 38.5 Å². The van der Waals surface area contributed by atoms with Crippen LogP contribution in [0.4, 0.5) is 0 Å². The van der Waals surface area contributed by atoms with Crippen LogP contribution in [-0.2, 0) is 4.79 Å². The summed E-state index contributed by atoms with van der Waals surface area (Å²) in [5.41, 5.74) is 0. The molecule has 3 unspecified atom stereocenters.